The fraction of sp³-hybridized carbons (Fsp3) is 0.188. The molecule has 21 heavy (non-hydrogen) atoms. The number of ether oxygens (including phenoxy) is 1. The summed E-state index contributed by atoms with van der Waals surface area (Å²) in [5.41, 5.74) is 4.63. The molecule has 0 aliphatic carbocycles. The second-order valence-electron chi connectivity index (χ2n) is 4.34. The molecule has 0 saturated carbocycles. The second kappa shape index (κ2) is 7.19. The third kappa shape index (κ3) is 4.14. The highest BCUT2D eigenvalue weighted by Crippen LogP contribution is 2.12. The number of carbonyl (C=O) groups is 1. The van der Waals surface area contributed by atoms with Gasteiger partial charge in [-0.2, -0.15) is 5.10 Å². The average molecular weight is 283 g/mol. The third-order valence-electron chi connectivity index (χ3n) is 2.83. The van der Waals surface area contributed by atoms with Crippen LogP contribution in [0.15, 0.2) is 53.9 Å². The highest BCUT2D eigenvalue weighted by Gasteiger charge is 2.04. The lowest BCUT2D eigenvalue weighted by Crippen LogP contribution is -2.19. The highest BCUT2D eigenvalue weighted by atomic mass is 16.5. The SMILES string of the molecule is CCOc1ccc(/C(C)=N/NC(=O)c2cccnc2)cc1. The summed E-state index contributed by atoms with van der Waals surface area (Å²) in [6.07, 6.45) is 3.11. The first-order chi connectivity index (χ1) is 10.2. The monoisotopic (exact) mass is 283 g/mol. The van der Waals surface area contributed by atoms with Crippen molar-refractivity contribution in [1.82, 2.24) is 10.4 Å². The van der Waals surface area contributed by atoms with Crippen LogP contribution in [0.2, 0.25) is 0 Å². The Balaban J connectivity index is 2.02. The fourth-order valence-electron chi connectivity index (χ4n) is 1.72. The van der Waals surface area contributed by atoms with Gasteiger partial charge in [-0.05, 0) is 55.8 Å². The van der Waals surface area contributed by atoms with Crippen molar-refractivity contribution in [3.63, 3.8) is 0 Å². The molecule has 1 N–H and O–H groups in total. The molecule has 0 unspecified atom stereocenters. The van der Waals surface area contributed by atoms with Crippen molar-refractivity contribution in [2.24, 2.45) is 5.10 Å². The normalized spacial score (nSPS) is 11.0. The van der Waals surface area contributed by atoms with E-state index in [0.717, 1.165) is 17.0 Å². The summed E-state index contributed by atoms with van der Waals surface area (Å²) in [5, 5.41) is 4.09. The molecule has 2 rings (SSSR count). The Morgan fingerprint density at radius 1 is 1.24 bits per heavy atom. The zero-order valence-electron chi connectivity index (χ0n) is 12.0. The number of hydrogen-bond donors (Lipinski definition) is 1. The summed E-state index contributed by atoms with van der Waals surface area (Å²) in [4.78, 5) is 15.7. The van der Waals surface area contributed by atoms with Crippen LogP contribution in [0.1, 0.15) is 29.8 Å². The van der Waals surface area contributed by atoms with E-state index in [1.54, 1.807) is 18.3 Å². The predicted molar refractivity (Wildman–Crippen MR) is 81.5 cm³/mol. The number of hydrazone groups is 1. The van der Waals surface area contributed by atoms with Crippen molar-refractivity contribution in [1.29, 1.82) is 0 Å². The number of nitrogens with zero attached hydrogens (tertiary/aromatic N) is 2. The van der Waals surface area contributed by atoms with Crippen LogP contribution in [0.3, 0.4) is 0 Å². The van der Waals surface area contributed by atoms with Crippen molar-refractivity contribution in [2.75, 3.05) is 6.61 Å². The maximum atomic E-state index is 11.8. The Morgan fingerprint density at radius 2 is 2.00 bits per heavy atom. The number of aromatic nitrogens is 1. The molecular weight excluding hydrogens is 266 g/mol. The zero-order valence-corrected chi connectivity index (χ0v) is 12.0. The van der Waals surface area contributed by atoms with Gasteiger partial charge in [-0.15, -0.1) is 0 Å². The van der Waals surface area contributed by atoms with Crippen molar-refractivity contribution in [2.45, 2.75) is 13.8 Å². The van der Waals surface area contributed by atoms with E-state index in [-0.39, 0.29) is 5.91 Å². The molecule has 0 radical (unpaired) electrons. The minimum Gasteiger partial charge on any atom is -0.494 e. The lowest BCUT2D eigenvalue weighted by molar-refractivity contribution is 0.0954. The van der Waals surface area contributed by atoms with Crippen molar-refractivity contribution in [3.05, 3.63) is 59.9 Å². The van der Waals surface area contributed by atoms with Gasteiger partial charge < -0.3 is 4.74 Å². The zero-order chi connectivity index (χ0) is 15.1. The van der Waals surface area contributed by atoms with Gasteiger partial charge in [-0.25, -0.2) is 5.43 Å². The van der Waals surface area contributed by atoms with Crippen molar-refractivity contribution >= 4 is 11.6 Å². The van der Waals surface area contributed by atoms with E-state index >= 15 is 0 Å². The predicted octanol–water partition coefficient (Wildman–Crippen LogP) is 2.63. The van der Waals surface area contributed by atoms with Crippen LogP contribution < -0.4 is 10.2 Å². The van der Waals surface area contributed by atoms with Crippen LogP contribution in [-0.4, -0.2) is 23.2 Å². The Morgan fingerprint density at radius 3 is 2.62 bits per heavy atom. The summed E-state index contributed by atoms with van der Waals surface area (Å²) in [6, 6.07) is 10.9. The van der Waals surface area contributed by atoms with E-state index in [9.17, 15) is 4.79 Å². The fourth-order valence-corrected chi connectivity index (χ4v) is 1.72. The van der Waals surface area contributed by atoms with Gasteiger partial charge in [-0.3, -0.25) is 9.78 Å². The Kier molecular flexibility index (Phi) is 5.04. The largest absolute Gasteiger partial charge is 0.494 e. The molecule has 1 amide bonds. The maximum absolute atomic E-state index is 11.8. The Labute approximate surface area is 123 Å². The molecular formula is C16H17N3O2. The molecule has 0 saturated heterocycles. The van der Waals surface area contributed by atoms with E-state index in [0.29, 0.717) is 12.2 Å². The molecule has 0 atom stereocenters. The van der Waals surface area contributed by atoms with Gasteiger partial charge in [0.1, 0.15) is 5.75 Å². The van der Waals surface area contributed by atoms with Crippen molar-refractivity contribution in [3.8, 4) is 5.75 Å². The molecule has 1 aromatic carbocycles. The first-order valence-corrected chi connectivity index (χ1v) is 6.68. The topological polar surface area (TPSA) is 63.6 Å². The molecule has 0 bridgehead atoms. The quantitative estimate of drug-likeness (QED) is 0.677. The lowest BCUT2D eigenvalue weighted by atomic mass is 10.1. The molecule has 5 nitrogen and oxygen atoms in total. The second-order valence-corrected chi connectivity index (χ2v) is 4.34. The number of carbonyl (C=O) groups excluding carboxylic acids is 1. The van der Waals surface area contributed by atoms with Gasteiger partial charge >= 0.3 is 0 Å². The van der Waals surface area contributed by atoms with Gasteiger partial charge in [0.15, 0.2) is 0 Å². The summed E-state index contributed by atoms with van der Waals surface area (Å²) < 4.78 is 5.38. The number of hydrogen-bond acceptors (Lipinski definition) is 4. The first kappa shape index (κ1) is 14.7. The summed E-state index contributed by atoms with van der Waals surface area (Å²) in [5.74, 6) is 0.529. The molecule has 108 valence electrons. The van der Waals surface area contributed by atoms with E-state index in [1.165, 1.54) is 6.20 Å². The summed E-state index contributed by atoms with van der Waals surface area (Å²) >= 11 is 0. The Hall–Kier alpha value is -2.69. The molecule has 0 aliphatic rings. The molecule has 2 aromatic rings. The Bertz CT molecular complexity index is 622. The van der Waals surface area contributed by atoms with Crippen LogP contribution in [0.4, 0.5) is 0 Å². The number of amides is 1. The molecule has 0 aliphatic heterocycles. The molecule has 5 heteroatoms. The molecule has 0 spiro atoms. The number of nitrogens with one attached hydrogen (secondary N) is 1. The minimum absolute atomic E-state index is 0.284. The molecule has 0 fully saturated rings. The summed E-state index contributed by atoms with van der Waals surface area (Å²) in [7, 11) is 0. The number of pyridine rings is 1. The third-order valence-corrected chi connectivity index (χ3v) is 2.83. The van der Waals surface area contributed by atoms with Gasteiger partial charge in [0.05, 0.1) is 17.9 Å². The van der Waals surface area contributed by atoms with Gasteiger partial charge in [0.2, 0.25) is 0 Å². The molecule has 1 heterocycles. The maximum Gasteiger partial charge on any atom is 0.272 e. The average Bonchev–Trinajstić information content (AvgIpc) is 2.54. The van der Waals surface area contributed by atoms with E-state index in [2.05, 4.69) is 15.5 Å². The van der Waals surface area contributed by atoms with E-state index < -0.39 is 0 Å². The standard InChI is InChI=1S/C16H17N3O2/c1-3-21-15-8-6-13(7-9-15)12(2)18-19-16(20)14-5-4-10-17-11-14/h4-11H,3H2,1-2H3,(H,19,20)/b18-12+. The lowest BCUT2D eigenvalue weighted by Gasteiger charge is -2.05. The van der Waals surface area contributed by atoms with Crippen LogP contribution in [0.25, 0.3) is 0 Å². The van der Waals surface area contributed by atoms with Crippen LogP contribution in [0, 0.1) is 0 Å². The number of rotatable bonds is 5. The van der Waals surface area contributed by atoms with Crippen LogP contribution in [0.5, 0.6) is 5.75 Å². The molecule has 1 aromatic heterocycles. The minimum atomic E-state index is -0.284. The van der Waals surface area contributed by atoms with Gasteiger partial charge in [0, 0.05) is 12.4 Å². The highest BCUT2D eigenvalue weighted by molar-refractivity contribution is 6.00. The van der Waals surface area contributed by atoms with Crippen molar-refractivity contribution < 1.29 is 9.53 Å². The smallest absolute Gasteiger partial charge is 0.272 e. The van der Waals surface area contributed by atoms with Crippen LogP contribution >= 0.6 is 0 Å². The van der Waals surface area contributed by atoms with Gasteiger partial charge in [-0.1, -0.05) is 0 Å². The summed E-state index contributed by atoms with van der Waals surface area (Å²) in [6.45, 7) is 4.40. The first-order valence-electron chi connectivity index (χ1n) is 6.68. The number of benzene rings is 1. The van der Waals surface area contributed by atoms with E-state index in [4.69, 9.17) is 4.74 Å². The van der Waals surface area contributed by atoms with Crippen LogP contribution in [-0.2, 0) is 0 Å². The van der Waals surface area contributed by atoms with E-state index in [1.807, 2.05) is 38.1 Å². The van der Waals surface area contributed by atoms with Gasteiger partial charge in [0.25, 0.3) is 5.91 Å².